The summed E-state index contributed by atoms with van der Waals surface area (Å²) in [7, 11) is 0. The lowest BCUT2D eigenvalue weighted by Gasteiger charge is -2.14. The first-order chi connectivity index (χ1) is 13.3. The first kappa shape index (κ1) is 18.6. The van der Waals surface area contributed by atoms with Gasteiger partial charge in [-0.3, -0.25) is 0 Å². The molecule has 5 nitrogen and oxygen atoms in total. The molecule has 0 N–H and O–H groups in total. The van der Waals surface area contributed by atoms with Crippen molar-refractivity contribution in [1.29, 1.82) is 0 Å². The van der Waals surface area contributed by atoms with Gasteiger partial charge in [0, 0.05) is 23.4 Å². The van der Waals surface area contributed by atoms with Crippen molar-refractivity contribution in [3.8, 4) is 5.69 Å². The third-order valence-electron chi connectivity index (χ3n) is 4.06. The Balaban J connectivity index is 2.04. The number of hydrogen-bond donors (Lipinski definition) is 0. The molecule has 0 fully saturated rings. The zero-order chi connectivity index (χ0) is 19.9. The molecule has 0 saturated heterocycles. The van der Waals surface area contributed by atoms with Crippen LogP contribution >= 0.6 is 23.1 Å². The first-order valence-corrected chi connectivity index (χ1v) is 9.19. The highest BCUT2D eigenvalue weighted by atomic mass is 35.5. The molecule has 0 amide bonds. The average molecular weight is 423 g/mol. The number of para-hydroxylation sites is 1. The molecule has 28 heavy (non-hydrogen) atoms. The number of alkyl halides is 3. The summed E-state index contributed by atoms with van der Waals surface area (Å²) in [6.07, 6.45) is -2.79. The predicted octanol–water partition coefficient (Wildman–Crippen LogP) is 4.50. The van der Waals surface area contributed by atoms with Crippen LogP contribution in [0.3, 0.4) is 0 Å². The summed E-state index contributed by atoms with van der Waals surface area (Å²) in [5.74, 6) is 0. The Labute approximate surface area is 165 Å². The number of hydrogen-bond acceptors (Lipinski definition) is 5. The molecule has 142 valence electrons. The Kier molecular flexibility index (Phi) is 4.64. The van der Waals surface area contributed by atoms with E-state index in [4.69, 9.17) is 11.6 Å². The van der Waals surface area contributed by atoms with Crippen LogP contribution < -0.4 is 5.69 Å². The van der Waals surface area contributed by atoms with Gasteiger partial charge in [-0.1, -0.05) is 23.7 Å². The summed E-state index contributed by atoms with van der Waals surface area (Å²) in [4.78, 5) is 20.6. The highest BCUT2D eigenvalue weighted by Gasteiger charge is 2.33. The largest absolute Gasteiger partial charge is 0.433 e. The number of aromatic nitrogens is 4. The van der Waals surface area contributed by atoms with Crippen molar-refractivity contribution < 1.29 is 13.2 Å². The average Bonchev–Trinajstić information content (AvgIpc) is 3.15. The number of nitrogens with zero attached hydrogens (tertiary/aromatic N) is 4. The summed E-state index contributed by atoms with van der Waals surface area (Å²) in [6.45, 7) is 0. The van der Waals surface area contributed by atoms with E-state index in [1.165, 1.54) is 29.7 Å². The number of rotatable bonds is 3. The summed E-state index contributed by atoms with van der Waals surface area (Å²) in [6, 6.07) is 8.49. The number of halogens is 4. The van der Waals surface area contributed by atoms with E-state index in [-0.39, 0.29) is 22.8 Å². The minimum Gasteiger partial charge on any atom is -0.245 e. The van der Waals surface area contributed by atoms with Crippen molar-refractivity contribution in [3.05, 3.63) is 80.4 Å². The molecule has 0 atom stereocenters. The van der Waals surface area contributed by atoms with Crippen LogP contribution in [-0.4, -0.2) is 18.9 Å². The minimum absolute atomic E-state index is 0.152. The lowest BCUT2D eigenvalue weighted by molar-refractivity contribution is -0.141. The van der Waals surface area contributed by atoms with Gasteiger partial charge in [-0.15, -0.1) is 0 Å². The number of benzene rings is 1. The third-order valence-corrected chi connectivity index (χ3v) is 5.01. The topological polar surface area (TPSA) is 60.7 Å². The lowest BCUT2D eigenvalue weighted by atomic mass is 10.1. The molecule has 0 radical (unpaired) electrons. The maximum atomic E-state index is 13.2. The van der Waals surface area contributed by atoms with Gasteiger partial charge in [-0.2, -0.15) is 18.2 Å². The summed E-state index contributed by atoms with van der Waals surface area (Å²) >= 11 is 7.40. The summed E-state index contributed by atoms with van der Waals surface area (Å²) in [5, 5.41) is 2.31. The van der Waals surface area contributed by atoms with Crippen LogP contribution in [0.1, 0.15) is 17.0 Å². The number of fused-ring (bicyclic) bond motifs is 1. The summed E-state index contributed by atoms with van der Waals surface area (Å²) < 4.78 is 44.7. The normalized spacial score (nSPS) is 11.9. The van der Waals surface area contributed by atoms with E-state index >= 15 is 0 Å². The van der Waals surface area contributed by atoms with Gasteiger partial charge in [0.15, 0.2) is 5.65 Å². The smallest absolute Gasteiger partial charge is 0.245 e. The third kappa shape index (κ3) is 3.38. The Morgan fingerprint density at radius 3 is 2.57 bits per heavy atom. The van der Waals surface area contributed by atoms with Gasteiger partial charge in [0.1, 0.15) is 5.69 Å². The molecule has 0 aliphatic rings. The van der Waals surface area contributed by atoms with Gasteiger partial charge in [-0.25, -0.2) is 18.7 Å². The predicted molar refractivity (Wildman–Crippen MR) is 100 cm³/mol. The van der Waals surface area contributed by atoms with Crippen LogP contribution in [0.4, 0.5) is 13.2 Å². The van der Waals surface area contributed by atoms with Gasteiger partial charge in [-0.05, 0) is 41.4 Å². The van der Waals surface area contributed by atoms with Gasteiger partial charge in [0.05, 0.1) is 16.4 Å². The number of pyridine rings is 1. The van der Waals surface area contributed by atoms with E-state index in [1.807, 2.05) is 0 Å². The quantitative estimate of drug-likeness (QED) is 0.487. The van der Waals surface area contributed by atoms with E-state index in [0.717, 1.165) is 16.2 Å². The van der Waals surface area contributed by atoms with Crippen molar-refractivity contribution in [3.63, 3.8) is 0 Å². The maximum absolute atomic E-state index is 13.2. The molecule has 0 aliphatic carbocycles. The van der Waals surface area contributed by atoms with Gasteiger partial charge >= 0.3 is 11.9 Å². The van der Waals surface area contributed by atoms with Crippen LogP contribution in [0.2, 0.25) is 5.02 Å². The van der Waals surface area contributed by atoms with E-state index in [1.54, 1.807) is 23.7 Å². The Morgan fingerprint density at radius 1 is 1.11 bits per heavy atom. The van der Waals surface area contributed by atoms with Gasteiger partial charge in [0.2, 0.25) is 0 Å². The van der Waals surface area contributed by atoms with Crippen LogP contribution in [0.5, 0.6) is 0 Å². The lowest BCUT2D eigenvalue weighted by Crippen LogP contribution is -2.25. The molecular formula is C18H10ClF3N4OS. The fraction of sp³-hybridized carbons (Fsp3) is 0.111. The summed E-state index contributed by atoms with van der Waals surface area (Å²) in [5.41, 5.74) is -0.679. The van der Waals surface area contributed by atoms with E-state index in [9.17, 15) is 18.0 Å². The van der Waals surface area contributed by atoms with E-state index < -0.39 is 17.6 Å². The Hall–Kier alpha value is -2.78. The second kappa shape index (κ2) is 6.99. The second-order valence-electron chi connectivity index (χ2n) is 5.90. The first-order valence-electron chi connectivity index (χ1n) is 7.97. The molecule has 10 heteroatoms. The molecule has 0 aliphatic heterocycles. The van der Waals surface area contributed by atoms with Crippen molar-refractivity contribution >= 4 is 34.2 Å². The monoisotopic (exact) mass is 422 g/mol. The Bertz CT molecular complexity index is 1220. The zero-order valence-electron chi connectivity index (χ0n) is 13.9. The molecule has 3 aromatic heterocycles. The zero-order valence-corrected chi connectivity index (χ0v) is 15.5. The van der Waals surface area contributed by atoms with Crippen molar-refractivity contribution in [2.75, 3.05) is 0 Å². The van der Waals surface area contributed by atoms with Crippen molar-refractivity contribution in [1.82, 2.24) is 18.9 Å². The van der Waals surface area contributed by atoms with Gasteiger partial charge < -0.3 is 0 Å². The SMILES string of the molecule is O=c1nc(Cc2cnsc2)c2ccc(C(F)(F)F)nc2n1-c1ccccc1Cl. The molecule has 0 saturated carbocycles. The molecule has 1 aromatic carbocycles. The van der Waals surface area contributed by atoms with Crippen LogP contribution in [0, 0.1) is 0 Å². The maximum Gasteiger partial charge on any atom is 0.433 e. The minimum atomic E-state index is -4.66. The van der Waals surface area contributed by atoms with Gasteiger partial charge in [0.25, 0.3) is 0 Å². The van der Waals surface area contributed by atoms with E-state index in [2.05, 4.69) is 14.3 Å². The van der Waals surface area contributed by atoms with Crippen LogP contribution in [0.25, 0.3) is 16.7 Å². The highest BCUT2D eigenvalue weighted by molar-refractivity contribution is 7.03. The molecule has 0 spiro atoms. The van der Waals surface area contributed by atoms with Crippen LogP contribution in [-0.2, 0) is 12.6 Å². The van der Waals surface area contributed by atoms with Crippen molar-refractivity contribution in [2.45, 2.75) is 12.6 Å². The van der Waals surface area contributed by atoms with E-state index in [0.29, 0.717) is 11.1 Å². The molecule has 3 heterocycles. The highest BCUT2D eigenvalue weighted by Crippen LogP contribution is 2.31. The molecule has 4 rings (SSSR count). The molecule has 0 bridgehead atoms. The fourth-order valence-corrected chi connectivity index (χ4v) is 3.57. The standard InChI is InChI=1S/C18H10ClF3N4OS/c19-12-3-1-2-4-14(12)26-16-11(5-6-15(25-16)18(20,21)22)13(24-17(26)27)7-10-8-23-28-9-10/h1-6,8-9H,7H2. The fourth-order valence-electron chi connectivity index (χ4n) is 2.81. The van der Waals surface area contributed by atoms with Crippen LogP contribution in [0.15, 0.2) is 52.8 Å². The molecule has 0 unspecified atom stereocenters. The second-order valence-corrected chi connectivity index (χ2v) is 6.97. The Morgan fingerprint density at radius 2 is 1.89 bits per heavy atom. The molecular weight excluding hydrogens is 413 g/mol. The van der Waals surface area contributed by atoms with Crippen molar-refractivity contribution in [2.24, 2.45) is 0 Å². The molecule has 4 aromatic rings.